The lowest BCUT2D eigenvalue weighted by molar-refractivity contribution is -0.147. The fourth-order valence-corrected chi connectivity index (χ4v) is 2.30. The maximum absolute atomic E-state index is 12.2. The molecule has 1 atom stereocenters. The summed E-state index contributed by atoms with van der Waals surface area (Å²) in [7, 11) is 0. The SMILES string of the molecule is CCOC(=O)C(NC(=O)CCOc1ccc(Cl)cc1)c1ccccc1. The maximum Gasteiger partial charge on any atom is 0.333 e. The minimum Gasteiger partial charge on any atom is -0.493 e. The van der Waals surface area contributed by atoms with Gasteiger partial charge in [0.1, 0.15) is 5.75 Å². The minimum absolute atomic E-state index is 0.116. The predicted octanol–water partition coefficient (Wildman–Crippen LogP) is 3.53. The topological polar surface area (TPSA) is 64.6 Å². The van der Waals surface area contributed by atoms with Crippen LogP contribution in [0.5, 0.6) is 5.75 Å². The first kappa shape index (κ1) is 18.8. The van der Waals surface area contributed by atoms with Crippen LogP contribution < -0.4 is 10.1 Å². The molecule has 132 valence electrons. The molecule has 2 rings (SSSR count). The van der Waals surface area contributed by atoms with Crippen molar-refractivity contribution in [3.8, 4) is 5.75 Å². The Bertz CT molecular complexity index is 688. The molecule has 0 bridgehead atoms. The van der Waals surface area contributed by atoms with Crippen LogP contribution in [0.25, 0.3) is 0 Å². The number of esters is 1. The van der Waals surface area contributed by atoms with E-state index in [-0.39, 0.29) is 25.5 Å². The quantitative estimate of drug-likeness (QED) is 0.730. The summed E-state index contributed by atoms with van der Waals surface area (Å²) in [6, 6.07) is 15.0. The van der Waals surface area contributed by atoms with Gasteiger partial charge in [-0.25, -0.2) is 4.79 Å². The van der Waals surface area contributed by atoms with Crippen LogP contribution in [0.4, 0.5) is 0 Å². The summed E-state index contributed by atoms with van der Waals surface area (Å²) in [5.41, 5.74) is 0.674. The lowest BCUT2D eigenvalue weighted by atomic mass is 10.1. The Hall–Kier alpha value is -2.53. The van der Waals surface area contributed by atoms with Crippen LogP contribution in [-0.2, 0) is 14.3 Å². The first-order chi connectivity index (χ1) is 12.1. The molecule has 0 saturated carbocycles. The molecule has 5 nitrogen and oxygen atoms in total. The van der Waals surface area contributed by atoms with E-state index in [1.54, 1.807) is 55.5 Å². The van der Waals surface area contributed by atoms with E-state index in [0.29, 0.717) is 16.3 Å². The van der Waals surface area contributed by atoms with Gasteiger partial charge in [0.2, 0.25) is 5.91 Å². The van der Waals surface area contributed by atoms with Crippen molar-refractivity contribution in [2.24, 2.45) is 0 Å². The number of hydrogen-bond acceptors (Lipinski definition) is 4. The van der Waals surface area contributed by atoms with E-state index in [0.717, 1.165) is 0 Å². The van der Waals surface area contributed by atoms with Crippen LogP contribution >= 0.6 is 11.6 Å². The molecule has 0 fully saturated rings. The highest BCUT2D eigenvalue weighted by molar-refractivity contribution is 6.30. The zero-order valence-electron chi connectivity index (χ0n) is 13.9. The van der Waals surface area contributed by atoms with Crippen molar-refractivity contribution < 1.29 is 19.1 Å². The number of carbonyl (C=O) groups excluding carboxylic acids is 2. The molecule has 0 radical (unpaired) electrons. The Morgan fingerprint density at radius 2 is 1.76 bits per heavy atom. The van der Waals surface area contributed by atoms with Crippen LogP contribution in [0.3, 0.4) is 0 Å². The average molecular weight is 362 g/mol. The lowest BCUT2D eigenvalue weighted by Gasteiger charge is -2.17. The Morgan fingerprint density at radius 1 is 1.08 bits per heavy atom. The number of hydrogen-bond donors (Lipinski definition) is 1. The van der Waals surface area contributed by atoms with Crippen LogP contribution in [0.15, 0.2) is 54.6 Å². The largest absolute Gasteiger partial charge is 0.493 e. The van der Waals surface area contributed by atoms with Crippen molar-refractivity contribution in [3.63, 3.8) is 0 Å². The fraction of sp³-hybridized carbons (Fsp3) is 0.263. The van der Waals surface area contributed by atoms with Gasteiger partial charge in [0, 0.05) is 5.02 Å². The highest BCUT2D eigenvalue weighted by atomic mass is 35.5. The molecule has 0 heterocycles. The molecule has 0 aliphatic carbocycles. The van der Waals surface area contributed by atoms with Crippen LogP contribution in [0, 0.1) is 0 Å². The highest BCUT2D eigenvalue weighted by Gasteiger charge is 2.23. The van der Waals surface area contributed by atoms with E-state index < -0.39 is 12.0 Å². The minimum atomic E-state index is -0.829. The number of amides is 1. The van der Waals surface area contributed by atoms with Gasteiger partial charge in [-0.3, -0.25) is 4.79 Å². The van der Waals surface area contributed by atoms with E-state index in [1.165, 1.54) is 0 Å². The molecular weight excluding hydrogens is 342 g/mol. The van der Waals surface area contributed by atoms with E-state index in [4.69, 9.17) is 21.1 Å². The first-order valence-corrected chi connectivity index (χ1v) is 8.37. The van der Waals surface area contributed by atoms with Crippen LogP contribution in [0.1, 0.15) is 24.9 Å². The van der Waals surface area contributed by atoms with E-state index in [2.05, 4.69) is 5.32 Å². The van der Waals surface area contributed by atoms with Gasteiger partial charge in [0.25, 0.3) is 0 Å². The van der Waals surface area contributed by atoms with Gasteiger partial charge >= 0.3 is 5.97 Å². The third kappa shape index (κ3) is 6.12. The lowest BCUT2D eigenvalue weighted by Crippen LogP contribution is -2.35. The van der Waals surface area contributed by atoms with Crippen LogP contribution in [-0.4, -0.2) is 25.1 Å². The molecule has 2 aromatic carbocycles. The monoisotopic (exact) mass is 361 g/mol. The third-order valence-corrected chi connectivity index (χ3v) is 3.62. The summed E-state index contributed by atoms with van der Waals surface area (Å²) in [5, 5.41) is 3.31. The second-order valence-corrected chi connectivity index (χ2v) is 5.65. The maximum atomic E-state index is 12.2. The first-order valence-electron chi connectivity index (χ1n) is 7.99. The molecule has 0 aromatic heterocycles. The Balaban J connectivity index is 1.90. The number of carbonyl (C=O) groups is 2. The van der Waals surface area contributed by atoms with Crippen molar-refractivity contribution in [2.45, 2.75) is 19.4 Å². The number of rotatable bonds is 8. The highest BCUT2D eigenvalue weighted by Crippen LogP contribution is 2.16. The van der Waals surface area contributed by atoms with Crippen molar-refractivity contribution in [1.29, 1.82) is 0 Å². The summed E-state index contributed by atoms with van der Waals surface area (Å²) < 4.78 is 10.5. The van der Waals surface area contributed by atoms with Gasteiger partial charge in [0.05, 0.1) is 19.6 Å². The molecule has 1 unspecified atom stereocenters. The Morgan fingerprint density at radius 3 is 2.40 bits per heavy atom. The summed E-state index contributed by atoms with van der Waals surface area (Å²) in [6.07, 6.45) is 0.116. The smallest absolute Gasteiger partial charge is 0.333 e. The molecule has 0 spiro atoms. The molecule has 25 heavy (non-hydrogen) atoms. The van der Waals surface area contributed by atoms with Crippen molar-refractivity contribution in [3.05, 3.63) is 65.2 Å². The van der Waals surface area contributed by atoms with Crippen molar-refractivity contribution >= 4 is 23.5 Å². The second-order valence-electron chi connectivity index (χ2n) is 5.22. The van der Waals surface area contributed by atoms with Gasteiger partial charge in [-0.1, -0.05) is 41.9 Å². The molecule has 1 amide bonds. The van der Waals surface area contributed by atoms with Gasteiger partial charge in [-0.2, -0.15) is 0 Å². The Labute approximate surface area is 151 Å². The molecule has 0 aliphatic rings. The van der Waals surface area contributed by atoms with Gasteiger partial charge in [0.15, 0.2) is 6.04 Å². The molecule has 1 N–H and O–H groups in total. The number of nitrogens with one attached hydrogen (secondary N) is 1. The van der Waals surface area contributed by atoms with Gasteiger partial charge in [-0.15, -0.1) is 0 Å². The Kier molecular flexibility index (Phi) is 7.29. The van der Waals surface area contributed by atoms with Gasteiger partial charge in [-0.05, 0) is 36.8 Å². The molecule has 0 saturated heterocycles. The van der Waals surface area contributed by atoms with E-state index in [1.807, 2.05) is 6.07 Å². The van der Waals surface area contributed by atoms with Crippen molar-refractivity contribution in [2.75, 3.05) is 13.2 Å². The second kappa shape index (κ2) is 9.69. The van der Waals surface area contributed by atoms with E-state index >= 15 is 0 Å². The van der Waals surface area contributed by atoms with E-state index in [9.17, 15) is 9.59 Å². The summed E-state index contributed by atoms with van der Waals surface area (Å²) in [5.74, 6) is -0.154. The van der Waals surface area contributed by atoms with Crippen LogP contribution in [0.2, 0.25) is 5.02 Å². The third-order valence-electron chi connectivity index (χ3n) is 3.37. The summed E-state index contributed by atoms with van der Waals surface area (Å²) in [4.78, 5) is 24.3. The van der Waals surface area contributed by atoms with Crippen molar-refractivity contribution in [1.82, 2.24) is 5.32 Å². The molecule has 2 aromatic rings. The zero-order chi connectivity index (χ0) is 18.1. The molecule has 6 heteroatoms. The predicted molar refractivity (Wildman–Crippen MR) is 95.5 cm³/mol. The normalized spacial score (nSPS) is 11.4. The standard InChI is InChI=1S/C19H20ClNO4/c1-2-24-19(23)18(14-6-4-3-5-7-14)21-17(22)12-13-25-16-10-8-15(20)9-11-16/h3-11,18H,2,12-13H2,1H3,(H,21,22). The number of halogens is 1. The number of ether oxygens (including phenoxy) is 2. The van der Waals surface area contributed by atoms with Gasteiger partial charge < -0.3 is 14.8 Å². The molecular formula is C19H20ClNO4. The fourth-order valence-electron chi connectivity index (χ4n) is 2.17. The number of benzene rings is 2. The zero-order valence-corrected chi connectivity index (χ0v) is 14.7. The summed E-state index contributed by atoms with van der Waals surface area (Å²) >= 11 is 5.80. The summed E-state index contributed by atoms with van der Waals surface area (Å²) in [6.45, 7) is 2.16. The average Bonchev–Trinajstić information content (AvgIpc) is 2.62. The molecule has 0 aliphatic heterocycles.